The molecule has 0 bridgehead atoms. The van der Waals surface area contributed by atoms with Crippen LogP contribution in [0.5, 0.6) is 0 Å². The van der Waals surface area contributed by atoms with E-state index in [-0.39, 0.29) is 17.5 Å². The van der Waals surface area contributed by atoms with Crippen LogP contribution in [0.4, 0.5) is 10.2 Å². The lowest BCUT2D eigenvalue weighted by atomic mass is 9.89. The van der Waals surface area contributed by atoms with E-state index in [9.17, 15) is 9.18 Å². The summed E-state index contributed by atoms with van der Waals surface area (Å²) in [4.78, 5) is 18.9. The number of Topliss-reactive ketones (excluding diaryl/α,β-unsaturated/α-hetero) is 1. The summed E-state index contributed by atoms with van der Waals surface area (Å²) < 4.78 is 12.9. The molecule has 1 aromatic carbocycles. The van der Waals surface area contributed by atoms with E-state index in [0.29, 0.717) is 10.6 Å². The van der Waals surface area contributed by atoms with Gasteiger partial charge < -0.3 is 4.90 Å². The molecule has 2 aromatic rings. The number of carbonyl (C=O) groups excluding carboxylic acids is 1. The molecule has 1 aliphatic heterocycles. The lowest BCUT2D eigenvalue weighted by Gasteiger charge is -2.32. The molecule has 2 heterocycles. The number of carbonyl (C=O) groups is 1. The van der Waals surface area contributed by atoms with Crippen LogP contribution in [-0.2, 0) is 0 Å². The van der Waals surface area contributed by atoms with Crippen LogP contribution >= 0.6 is 11.6 Å². The van der Waals surface area contributed by atoms with Gasteiger partial charge in [0.1, 0.15) is 11.6 Å². The summed E-state index contributed by atoms with van der Waals surface area (Å²) >= 11 is 5.84. The number of nitrogens with zero attached hydrogens (tertiary/aromatic N) is 2. The zero-order chi connectivity index (χ0) is 15.5. The molecule has 1 aliphatic rings. The third kappa shape index (κ3) is 3.28. The fourth-order valence-corrected chi connectivity index (χ4v) is 2.89. The fraction of sp³-hybridized carbons (Fsp3) is 0.294. The van der Waals surface area contributed by atoms with Gasteiger partial charge in [0.15, 0.2) is 5.78 Å². The first-order chi connectivity index (χ1) is 10.6. The molecule has 0 saturated carbocycles. The predicted molar refractivity (Wildman–Crippen MR) is 84.9 cm³/mol. The molecular formula is C17H16ClFN2O. The highest BCUT2D eigenvalue weighted by Crippen LogP contribution is 2.25. The van der Waals surface area contributed by atoms with Gasteiger partial charge >= 0.3 is 0 Å². The van der Waals surface area contributed by atoms with Crippen LogP contribution in [0, 0.1) is 11.7 Å². The summed E-state index contributed by atoms with van der Waals surface area (Å²) in [5.41, 5.74) is 0.587. The number of hydrogen-bond acceptors (Lipinski definition) is 3. The SMILES string of the molecule is O=C(c1ccc(F)cc1)C1CCN(c2ccc(Cl)cn2)CC1. The Morgan fingerprint density at radius 2 is 1.82 bits per heavy atom. The van der Waals surface area contributed by atoms with Gasteiger partial charge in [-0.25, -0.2) is 9.37 Å². The minimum atomic E-state index is -0.319. The van der Waals surface area contributed by atoms with Crippen molar-refractivity contribution in [1.82, 2.24) is 4.98 Å². The van der Waals surface area contributed by atoms with Crippen molar-refractivity contribution in [2.45, 2.75) is 12.8 Å². The molecule has 0 unspecified atom stereocenters. The maximum atomic E-state index is 12.9. The van der Waals surface area contributed by atoms with Crippen LogP contribution in [0.25, 0.3) is 0 Å². The van der Waals surface area contributed by atoms with Gasteiger partial charge in [-0.15, -0.1) is 0 Å². The third-order valence-corrected chi connectivity index (χ3v) is 4.25. The Labute approximate surface area is 133 Å². The smallest absolute Gasteiger partial charge is 0.166 e. The number of halogens is 2. The Balaban J connectivity index is 1.62. The monoisotopic (exact) mass is 318 g/mol. The first-order valence-corrected chi connectivity index (χ1v) is 7.67. The Morgan fingerprint density at radius 1 is 1.14 bits per heavy atom. The van der Waals surface area contributed by atoms with Crippen LogP contribution in [0.2, 0.25) is 5.02 Å². The molecule has 0 atom stereocenters. The van der Waals surface area contributed by atoms with E-state index in [4.69, 9.17) is 11.6 Å². The summed E-state index contributed by atoms with van der Waals surface area (Å²) in [6, 6.07) is 9.50. The number of pyridine rings is 1. The van der Waals surface area contributed by atoms with Crippen molar-refractivity contribution >= 4 is 23.2 Å². The van der Waals surface area contributed by atoms with Gasteiger partial charge in [0.25, 0.3) is 0 Å². The highest BCUT2D eigenvalue weighted by atomic mass is 35.5. The van der Waals surface area contributed by atoms with Crippen molar-refractivity contribution in [3.8, 4) is 0 Å². The van der Waals surface area contributed by atoms with Crippen molar-refractivity contribution in [2.75, 3.05) is 18.0 Å². The van der Waals surface area contributed by atoms with Crippen LogP contribution in [0.1, 0.15) is 23.2 Å². The Hall–Kier alpha value is -1.94. The van der Waals surface area contributed by atoms with E-state index >= 15 is 0 Å². The highest BCUT2D eigenvalue weighted by Gasteiger charge is 2.26. The number of hydrogen-bond donors (Lipinski definition) is 0. The lowest BCUT2D eigenvalue weighted by molar-refractivity contribution is 0.0900. The number of piperidine rings is 1. The number of benzene rings is 1. The number of ketones is 1. The summed E-state index contributed by atoms with van der Waals surface area (Å²) in [5.74, 6) is 0.662. The molecule has 1 aromatic heterocycles. The topological polar surface area (TPSA) is 33.2 Å². The zero-order valence-electron chi connectivity index (χ0n) is 12.0. The molecule has 0 N–H and O–H groups in total. The van der Waals surface area contributed by atoms with Crippen LogP contribution in [0.15, 0.2) is 42.6 Å². The molecule has 0 aliphatic carbocycles. The number of rotatable bonds is 3. The standard InChI is InChI=1S/C17H16ClFN2O/c18-14-3-6-16(20-11-14)21-9-7-13(8-10-21)17(22)12-1-4-15(19)5-2-12/h1-6,11,13H,7-10H2. The second-order valence-corrected chi connectivity index (χ2v) is 5.90. The van der Waals surface area contributed by atoms with Gasteiger partial charge in [0, 0.05) is 30.8 Å². The second kappa shape index (κ2) is 6.44. The highest BCUT2D eigenvalue weighted by molar-refractivity contribution is 6.30. The van der Waals surface area contributed by atoms with Crippen molar-refractivity contribution < 1.29 is 9.18 Å². The van der Waals surface area contributed by atoms with Gasteiger partial charge in [-0.1, -0.05) is 11.6 Å². The predicted octanol–water partition coefficient (Wildman–Crippen LogP) is 3.97. The maximum absolute atomic E-state index is 12.9. The van der Waals surface area contributed by atoms with Gasteiger partial charge in [0.05, 0.1) is 5.02 Å². The van der Waals surface area contributed by atoms with Crippen molar-refractivity contribution in [3.63, 3.8) is 0 Å². The molecule has 3 rings (SSSR count). The van der Waals surface area contributed by atoms with Gasteiger partial charge in [-0.3, -0.25) is 4.79 Å². The van der Waals surface area contributed by atoms with Crippen molar-refractivity contribution in [2.24, 2.45) is 5.92 Å². The Morgan fingerprint density at radius 3 is 2.41 bits per heavy atom. The molecular weight excluding hydrogens is 303 g/mol. The lowest BCUT2D eigenvalue weighted by Crippen LogP contribution is -2.36. The molecule has 0 radical (unpaired) electrons. The Kier molecular flexibility index (Phi) is 4.39. The normalized spacial score (nSPS) is 15.8. The minimum absolute atomic E-state index is 0.00554. The van der Waals surface area contributed by atoms with Crippen LogP contribution in [-0.4, -0.2) is 23.9 Å². The third-order valence-electron chi connectivity index (χ3n) is 4.03. The molecule has 0 amide bonds. The summed E-state index contributed by atoms with van der Waals surface area (Å²) in [5, 5.41) is 0.616. The average Bonchev–Trinajstić information content (AvgIpc) is 2.56. The first kappa shape index (κ1) is 15.0. The quantitative estimate of drug-likeness (QED) is 0.803. The molecule has 1 saturated heterocycles. The maximum Gasteiger partial charge on any atom is 0.166 e. The zero-order valence-corrected chi connectivity index (χ0v) is 12.8. The summed E-state index contributed by atoms with van der Waals surface area (Å²) in [7, 11) is 0. The molecule has 1 fully saturated rings. The van der Waals surface area contributed by atoms with Crippen molar-refractivity contribution in [1.29, 1.82) is 0 Å². The largest absolute Gasteiger partial charge is 0.357 e. The Bertz CT molecular complexity index is 649. The minimum Gasteiger partial charge on any atom is -0.357 e. The fourth-order valence-electron chi connectivity index (χ4n) is 2.78. The van der Waals surface area contributed by atoms with E-state index in [1.54, 1.807) is 18.3 Å². The van der Waals surface area contributed by atoms with Crippen LogP contribution < -0.4 is 4.90 Å². The van der Waals surface area contributed by atoms with Gasteiger partial charge in [0.2, 0.25) is 0 Å². The molecule has 22 heavy (non-hydrogen) atoms. The summed E-state index contributed by atoms with van der Waals surface area (Å²) in [6.45, 7) is 1.57. The number of anilines is 1. The molecule has 114 valence electrons. The van der Waals surface area contributed by atoms with E-state index in [0.717, 1.165) is 31.7 Å². The molecule has 3 nitrogen and oxygen atoms in total. The van der Waals surface area contributed by atoms with E-state index in [2.05, 4.69) is 9.88 Å². The molecule has 5 heteroatoms. The van der Waals surface area contributed by atoms with E-state index in [1.165, 1.54) is 12.1 Å². The number of aromatic nitrogens is 1. The molecule has 0 spiro atoms. The van der Waals surface area contributed by atoms with Gasteiger partial charge in [-0.2, -0.15) is 0 Å². The van der Waals surface area contributed by atoms with E-state index in [1.807, 2.05) is 12.1 Å². The summed E-state index contributed by atoms with van der Waals surface area (Å²) in [6.07, 6.45) is 3.19. The average molecular weight is 319 g/mol. The van der Waals surface area contributed by atoms with Gasteiger partial charge in [-0.05, 0) is 49.2 Å². The van der Waals surface area contributed by atoms with Crippen molar-refractivity contribution in [3.05, 3.63) is 59.0 Å². The second-order valence-electron chi connectivity index (χ2n) is 5.47. The first-order valence-electron chi connectivity index (χ1n) is 7.30. The van der Waals surface area contributed by atoms with E-state index < -0.39 is 0 Å². The van der Waals surface area contributed by atoms with Crippen LogP contribution in [0.3, 0.4) is 0 Å².